The van der Waals surface area contributed by atoms with Crippen LogP contribution in [0, 0.1) is 0 Å². The summed E-state index contributed by atoms with van der Waals surface area (Å²) in [6, 6.07) is -4.72. The van der Waals surface area contributed by atoms with Crippen molar-refractivity contribution in [3.05, 3.63) is 0 Å². The molecule has 2 aliphatic carbocycles. The summed E-state index contributed by atoms with van der Waals surface area (Å²) in [5.41, 5.74) is 48.3. The second-order valence-electron chi connectivity index (χ2n) is 15.2. The van der Waals surface area contributed by atoms with Gasteiger partial charge in [-0.15, -0.1) is 0 Å². The van der Waals surface area contributed by atoms with Crippen molar-refractivity contribution in [3.8, 4) is 0 Å². The van der Waals surface area contributed by atoms with E-state index in [1.807, 2.05) is 0 Å². The fourth-order valence-electron chi connectivity index (χ4n) is 7.43. The van der Waals surface area contributed by atoms with Gasteiger partial charge in [-0.2, -0.15) is 0 Å². The number of hydrogen-bond donors (Lipinski definition) is 14. The fraction of sp³-hybridized carbons (Fsp3) is 1.00. The molecule has 0 radical (unpaired) electrons. The van der Waals surface area contributed by atoms with Crippen LogP contribution in [0.15, 0.2) is 0 Å². The minimum atomic E-state index is -1.34. The van der Waals surface area contributed by atoms with Crippen LogP contribution in [0.4, 0.5) is 0 Å². The Balaban J connectivity index is 1.06. The molecule has 0 aromatic carbocycles. The maximum absolute atomic E-state index is 10.8. The molecule has 57 heavy (non-hydrogen) atoms. The molecule has 4 aliphatic rings. The van der Waals surface area contributed by atoms with Crippen LogP contribution < -0.4 is 45.9 Å². The van der Waals surface area contributed by atoms with Gasteiger partial charge in [-0.3, -0.25) is 0 Å². The first-order chi connectivity index (χ1) is 27.2. The van der Waals surface area contributed by atoms with E-state index in [1.54, 1.807) is 0 Å². The van der Waals surface area contributed by atoms with E-state index in [2.05, 4.69) is 0 Å². The van der Waals surface area contributed by atoms with Crippen molar-refractivity contribution in [2.24, 2.45) is 45.9 Å². The summed E-state index contributed by atoms with van der Waals surface area (Å²) in [5.74, 6) is 0. The standard InChI is InChI=1S/C34H70N8O15/c35-13-19-25(45)27(47)21(41)33(54-19)56-29-17(39)11-15(37)23(43)31(29)52-5-1-3-49-7-9-51-10-8-50-4-2-6-53-32-24(44)16(38)12-18(40)30(32)57-34-22(42)28(48)26(46)20(14-36)55-34/h15-34,43-48H,1-14,35-42H2/t15-,16-,17+,18+,19-,20-,21-,22-,23+,24+,25-,26-,27-,28-,29-,30-,31-,32-,33-,34-/m1/s1. The van der Waals surface area contributed by atoms with Gasteiger partial charge < -0.3 is 119 Å². The predicted octanol–water partition coefficient (Wildman–Crippen LogP) is -8.34. The van der Waals surface area contributed by atoms with E-state index < -0.39 is 122 Å². The van der Waals surface area contributed by atoms with E-state index in [1.165, 1.54) is 0 Å². The van der Waals surface area contributed by atoms with Crippen molar-refractivity contribution in [1.29, 1.82) is 0 Å². The van der Waals surface area contributed by atoms with E-state index in [4.69, 9.17) is 88.5 Å². The lowest BCUT2D eigenvalue weighted by Crippen LogP contribution is -2.67. The van der Waals surface area contributed by atoms with Gasteiger partial charge in [0.25, 0.3) is 0 Å². The molecule has 4 fully saturated rings. The topological polar surface area (TPSA) is 413 Å². The third kappa shape index (κ3) is 13.0. The van der Waals surface area contributed by atoms with Crippen LogP contribution in [0.3, 0.4) is 0 Å². The molecule has 20 atom stereocenters. The molecule has 23 heteroatoms. The number of hydrogen-bond acceptors (Lipinski definition) is 23. The Bertz CT molecular complexity index is 1050. The first-order valence-corrected chi connectivity index (χ1v) is 19.8. The molecule has 0 amide bonds. The summed E-state index contributed by atoms with van der Waals surface area (Å²) in [4.78, 5) is 0. The van der Waals surface area contributed by atoms with E-state index in [9.17, 15) is 30.6 Å². The Morgan fingerprint density at radius 1 is 0.421 bits per heavy atom. The maximum atomic E-state index is 10.8. The van der Waals surface area contributed by atoms with Crippen molar-refractivity contribution >= 4 is 0 Å². The Kier molecular flexibility index (Phi) is 20.4. The number of aliphatic hydroxyl groups excluding tert-OH is 6. The van der Waals surface area contributed by atoms with Crippen molar-refractivity contribution in [2.45, 2.75) is 148 Å². The van der Waals surface area contributed by atoms with Crippen molar-refractivity contribution in [2.75, 3.05) is 65.9 Å². The van der Waals surface area contributed by atoms with E-state index in [0.29, 0.717) is 52.5 Å². The SMILES string of the molecule is NC[C@H]1O[C@H](O[C@H]2[C@H](OCCCOCCOCCOCCCO[C@@H]3[C@@H](O)[C@H](N)C[C@H](N)[C@H]3O[C@H]3O[C@H](CN)[C@@H](O)[C@H](O)[C@H]3N)[C@@H](O)[C@H](N)C[C@@H]2N)[C@H](N)[C@@H](O)[C@@H]1O. The van der Waals surface area contributed by atoms with Crippen molar-refractivity contribution in [1.82, 2.24) is 0 Å². The normalized spacial score (nSPS) is 44.3. The Morgan fingerprint density at radius 3 is 1.12 bits per heavy atom. The summed E-state index contributed by atoms with van der Waals surface area (Å²) in [6.07, 6.45) is -13.6. The molecule has 4 rings (SSSR count). The Labute approximate surface area is 332 Å². The van der Waals surface area contributed by atoms with Gasteiger partial charge in [0.05, 0.1) is 50.7 Å². The fourth-order valence-corrected chi connectivity index (χ4v) is 7.43. The summed E-state index contributed by atoms with van der Waals surface area (Å²) >= 11 is 0. The molecule has 0 aromatic heterocycles. The molecule has 336 valence electrons. The zero-order valence-electron chi connectivity index (χ0n) is 32.4. The van der Waals surface area contributed by atoms with Crippen molar-refractivity contribution < 1.29 is 73.3 Å². The first kappa shape index (κ1) is 48.7. The van der Waals surface area contributed by atoms with Crippen LogP contribution in [0.5, 0.6) is 0 Å². The lowest BCUT2D eigenvalue weighted by Gasteiger charge is -2.46. The number of aliphatic hydroxyl groups is 6. The summed E-state index contributed by atoms with van der Waals surface area (Å²) in [7, 11) is 0. The highest BCUT2D eigenvalue weighted by molar-refractivity contribution is 5.02. The second-order valence-corrected chi connectivity index (χ2v) is 15.2. The third-order valence-corrected chi connectivity index (χ3v) is 10.9. The molecule has 0 bridgehead atoms. The van der Waals surface area contributed by atoms with Gasteiger partial charge in [-0.1, -0.05) is 0 Å². The van der Waals surface area contributed by atoms with Crippen LogP contribution >= 0.6 is 0 Å². The van der Waals surface area contributed by atoms with Gasteiger partial charge in [0.2, 0.25) is 0 Å². The zero-order valence-corrected chi connectivity index (χ0v) is 32.4. The maximum Gasteiger partial charge on any atom is 0.176 e. The first-order valence-electron chi connectivity index (χ1n) is 19.8. The van der Waals surface area contributed by atoms with Crippen LogP contribution in [-0.2, 0) is 42.6 Å². The van der Waals surface area contributed by atoms with Gasteiger partial charge in [0, 0.05) is 63.7 Å². The highest BCUT2D eigenvalue weighted by atomic mass is 16.7. The minimum Gasteiger partial charge on any atom is -0.389 e. The molecule has 22 N–H and O–H groups in total. The molecule has 2 saturated carbocycles. The van der Waals surface area contributed by atoms with E-state index in [0.717, 1.165) is 0 Å². The van der Waals surface area contributed by atoms with Gasteiger partial charge in [-0.25, -0.2) is 0 Å². The summed E-state index contributed by atoms with van der Waals surface area (Å²) in [6.45, 7) is 2.27. The van der Waals surface area contributed by atoms with Gasteiger partial charge in [-0.05, 0) is 25.7 Å². The second kappa shape index (κ2) is 23.9. The third-order valence-electron chi connectivity index (χ3n) is 10.9. The molecule has 2 heterocycles. The molecule has 23 nitrogen and oxygen atoms in total. The molecule has 0 spiro atoms. The largest absolute Gasteiger partial charge is 0.389 e. The summed E-state index contributed by atoms with van der Waals surface area (Å²) in [5, 5.41) is 62.7. The Morgan fingerprint density at radius 2 is 0.772 bits per heavy atom. The lowest BCUT2D eigenvalue weighted by molar-refractivity contribution is -0.291. The van der Waals surface area contributed by atoms with Gasteiger partial charge >= 0.3 is 0 Å². The summed E-state index contributed by atoms with van der Waals surface area (Å²) < 4.78 is 52.2. The molecule has 2 saturated heterocycles. The van der Waals surface area contributed by atoms with E-state index in [-0.39, 0.29) is 39.1 Å². The smallest absolute Gasteiger partial charge is 0.176 e. The quantitative estimate of drug-likeness (QED) is 0.0450. The Hall–Kier alpha value is -0.920. The highest BCUT2D eigenvalue weighted by Gasteiger charge is 2.50. The van der Waals surface area contributed by atoms with Crippen LogP contribution in [0.1, 0.15) is 25.7 Å². The molecule has 0 unspecified atom stereocenters. The van der Waals surface area contributed by atoms with Gasteiger partial charge in [0.1, 0.15) is 61.0 Å². The monoisotopic (exact) mass is 830 g/mol. The number of ether oxygens (including phenoxy) is 9. The zero-order chi connectivity index (χ0) is 41.8. The minimum absolute atomic E-state index is 0.0724. The molecule has 0 aromatic rings. The lowest BCUT2D eigenvalue weighted by atomic mass is 9.84. The highest BCUT2D eigenvalue weighted by Crippen LogP contribution is 2.30. The van der Waals surface area contributed by atoms with Crippen LogP contribution in [-0.4, -0.2) is 219 Å². The van der Waals surface area contributed by atoms with Crippen molar-refractivity contribution in [3.63, 3.8) is 0 Å². The predicted molar refractivity (Wildman–Crippen MR) is 199 cm³/mol. The van der Waals surface area contributed by atoms with Gasteiger partial charge in [0.15, 0.2) is 12.6 Å². The average Bonchev–Trinajstić information content (AvgIpc) is 3.19. The van der Waals surface area contributed by atoms with Crippen LogP contribution in [0.2, 0.25) is 0 Å². The van der Waals surface area contributed by atoms with Crippen LogP contribution in [0.25, 0.3) is 0 Å². The average molecular weight is 831 g/mol. The molecule has 2 aliphatic heterocycles. The van der Waals surface area contributed by atoms with E-state index >= 15 is 0 Å². The number of nitrogens with two attached hydrogens (primary N) is 8. The molecular formula is C34H70N8O15. The number of rotatable bonds is 22. The molecular weight excluding hydrogens is 760 g/mol.